The maximum atomic E-state index is 14.3. The monoisotopic (exact) mass is 728 g/mol. The van der Waals surface area contributed by atoms with Crippen LogP contribution >= 0.6 is 0 Å². The van der Waals surface area contributed by atoms with Crippen molar-refractivity contribution < 1.29 is 42.5 Å². The molecule has 1 amide bonds. The third-order valence-electron chi connectivity index (χ3n) is 9.96. The van der Waals surface area contributed by atoms with Crippen molar-refractivity contribution in [2.24, 2.45) is 17.3 Å². The average molecular weight is 729 g/mol. The second kappa shape index (κ2) is 21.2. The van der Waals surface area contributed by atoms with E-state index in [0.29, 0.717) is 25.2 Å². The highest BCUT2D eigenvalue weighted by atomic mass is 19.1. The van der Waals surface area contributed by atoms with E-state index in [1.54, 1.807) is 20.9 Å². The van der Waals surface area contributed by atoms with Gasteiger partial charge in [0.1, 0.15) is 18.7 Å². The standard InChI is InChI=1S/C41H61FN2O8/c1-28(2)24-35(40(48)51-29(3)38(46)50-26-31-12-9-8-10-13-31)44(7)37(45)36(52-39(47)34(43-6)19-21-41(4,5)27-42)25-30-15-17-33(18-16-30)32-14-11-22-49-23-20-32/h8-10,12-13,15,17,28-29,32,34-36,43H,11,14,16,18-27H2,1-7H3/t29-,32?,34+,35+,36-/m1/s1. The van der Waals surface area contributed by atoms with Crippen molar-refractivity contribution in [1.82, 2.24) is 10.2 Å². The first-order valence-corrected chi connectivity index (χ1v) is 18.8. The molecule has 1 heterocycles. The van der Waals surface area contributed by atoms with Crippen LogP contribution in [0.15, 0.2) is 53.6 Å². The molecule has 1 unspecified atom stereocenters. The van der Waals surface area contributed by atoms with E-state index in [1.807, 2.05) is 50.3 Å². The summed E-state index contributed by atoms with van der Waals surface area (Å²) >= 11 is 0. The van der Waals surface area contributed by atoms with Crippen LogP contribution in [0.1, 0.15) is 98.0 Å². The maximum absolute atomic E-state index is 14.3. The molecule has 11 heteroatoms. The highest BCUT2D eigenvalue weighted by molar-refractivity contribution is 5.90. The summed E-state index contributed by atoms with van der Waals surface area (Å²) in [6.45, 7) is 9.90. The van der Waals surface area contributed by atoms with Gasteiger partial charge >= 0.3 is 17.9 Å². The Kier molecular flexibility index (Phi) is 17.5. The first-order valence-electron chi connectivity index (χ1n) is 18.8. The summed E-state index contributed by atoms with van der Waals surface area (Å²) in [6.07, 6.45) is 7.57. The van der Waals surface area contributed by atoms with Gasteiger partial charge in [-0.1, -0.05) is 81.3 Å². The predicted molar refractivity (Wildman–Crippen MR) is 198 cm³/mol. The molecule has 52 heavy (non-hydrogen) atoms. The number of rotatable bonds is 19. The van der Waals surface area contributed by atoms with Gasteiger partial charge in [-0.25, -0.2) is 9.59 Å². The van der Waals surface area contributed by atoms with Crippen LogP contribution in [-0.4, -0.2) is 87.0 Å². The van der Waals surface area contributed by atoms with E-state index in [4.69, 9.17) is 18.9 Å². The minimum atomic E-state index is -1.22. The van der Waals surface area contributed by atoms with E-state index < -0.39 is 60.2 Å². The zero-order chi connectivity index (χ0) is 38.3. The first kappa shape index (κ1) is 42.8. The number of allylic oxidation sites excluding steroid dienone is 3. The fraction of sp³-hybridized carbons (Fsp3) is 0.659. The molecule has 0 spiro atoms. The van der Waals surface area contributed by atoms with Gasteiger partial charge in [0, 0.05) is 26.7 Å². The number of carbonyl (C=O) groups is 4. The van der Waals surface area contributed by atoms with Gasteiger partial charge < -0.3 is 29.2 Å². The number of amides is 1. The van der Waals surface area contributed by atoms with Gasteiger partial charge in [-0.15, -0.1) is 0 Å². The fourth-order valence-corrected chi connectivity index (χ4v) is 6.49. The number of halogens is 1. The molecule has 1 fully saturated rings. The molecule has 1 aromatic carbocycles. The van der Waals surface area contributed by atoms with Crippen molar-refractivity contribution in [2.75, 3.05) is 34.0 Å². The number of ether oxygens (including phenoxy) is 4. The number of nitrogens with zero attached hydrogens (tertiary/aromatic N) is 1. The molecule has 0 saturated carbocycles. The van der Waals surface area contributed by atoms with Crippen molar-refractivity contribution in [3.8, 4) is 0 Å². The lowest BCUT2D eigenvalue weighted by Gasteiger charge is -2.32. The molecule has 5 atom stereocenters. The summed E-state index contributed by atoms with van der Waals surface area (Å²) in [4.78, 5) is 55.5. The summed E-state index contributed by atoms with van der Waals surface area (Å²) in [5.41, 5.74) is 2.52. The Morgan fingerprint density at radius 3 is 2.35 bits per heavy atom. The van der Waals surface area contributed by atoms with Crippen molar-refractivity contribution in [1.29, 1.82) is 0 Å². The lowest BCUT2D eigenvalue weighted by atomic mass is 9.84. The Bertz CT molecular complexity index is 1370. The molecular formula is C41H61FN2O8. The van der Waals surface area contributed by atoms with Crippen LogP contribution in [0.2, 0.25) is 0 Å². The number of likely N-dealkylation sites (N-methyl/N-ethyl adjacent to an activating group) is 2. The van der Waals surface area contributed by atoms with Crippen molar-refractivity contribution in [3.63, 3.8) is 0 Å². The van der Waals surface area contributed by atoms with Gasteiger partial charge in [0.15, 0.2) is 12.2 Å². The van der Waals surface area contributed by atoms with E-state index in [2.05, 4.69) is 11.4 Å². The summed E-state index contributed by atoms with van der Waals surface area (Å²) < 4.78 is 36.1. The predicted octanol–water partition coefficient (Wildman–Crippen LogP) is 6.66. The van der Waals surface area contributed by atoms with E-state index in [-0.39, 0.29) is 25.4 Å². The minimum Gasteiger partial charge on any atom is -0.458 e. The number of esters is 3. The molecule has 0 radical (unpaired) electrons. The SMILES string of the molecule is CN[C@@H](CCC(C)(C)CF)C(=O)O[C@H](CC1=CC=C(C2CCCOCC2)CC1)C(=O)N(C)[C@@H](CC(C)C)C(=O)O[C@H](C)C(=O)OCc1ccccc1. The number of hydrogen-bond acceptors (Lipinski definition) is 9. The normalized spacial score (nSPS) is 18.9. The molecule has 1 saturated heterocycles. The summed E-state index contributed by atoms with van der Waals surface area (Å²) in [7, 11) is 3.13. The average Bonchev–Trinajstić information content (AvgIpc) is 3.42. The largest absolute Gasteiger partial charge is 0.458 e. The quantitative estimate of drug-likeness (QED) is 0.123. The Hall–Kier alpha value is -3.57. The Balaban J connectivity index is 1.80. The Labute approximate surface area is 309 Å². The van der Waals surface area contributed by atoms with Gasteiger partial charge in [-0.05, 0) is 88.2 Å². The Morgan fingerprint density at radius 2 is 1.71 bits per heavy atom. The molecule has 1 N–H and O–H groups in total. The topological polar surface area (TPSA) is 120 Å². The van der Waals surface area contributed by atoms with Gasteiger partial charge in [-0.3, -0.25) is 14.0 Å². The van der Waals surface area contributed by atoms with Gasteiger partial charge in [0.2, 0.25) is 0 Å². The third-order valence-corrected chi connectivity index (χ3v) is 9.96. The van der Waals surface area contributed by atoms with Crippen molar-refractivity contribution in [2.45, 2.75) is 123 Å². The highest BCUT2D eigenvalue weighted by Crippen LogP contribution is 2.33. The van der Waals surface area contributed by atoms with Gasteiger partial charge in [0.05, 0.1) is 6.67 Å². The maximum Gasteiger partial charge on any atom is 0.347 e. The van der Waals surface area contributed by atoms with Crippen LogP contribution in [0, 0.1) is 17.3 Å². The lowest BCUT2D eigenvalue weighted by Crippen LogP contribution is -2.51. The number of carbonyl (C=O) groups excluding carboxylic acids is 4. The number of alkyl halides is 1. The van der Waals surface area contributed by atoms with Crippen LogP contribution in [-0.2, 0) is 44.7 Å². The molecule has 2 aliphatic rings. The second-order valence-electron chi connectivity index (χ2n) is 15.4. The van der Waals surface area contributed by atoms with Crippen LogP contribution in [0.3, 0.4) is 0 Å². The fourth-order valence-electron chi connectivity index (χ4n) is 6.49. The summed E-state index contributed by atoms with van der Waals surface area (Å²) in [5, 5.41) is 2.97. The van der Waals surface area contributed by atoms with Crippen LogP contribution in [0.4, 0.5) is 4.39 Å². The smallest absolute Gasteiger partial charge is 0.347 e. The van der Waals surface area contributed by atoms with Crippen LogP contribution in [0.25, 0.3) is 0 Å². The molecule has 1 aromatic rings. The van der Waals surface area contributed by atoms with E-state index in [0.717, 1.165) is 50.0 Å². The molecule has 1 aliphatic heterocycles. The Morgan fingerprint density at radius 1 is 0.981 bits per heavy atom. The molecular weight excluding hydrogens is 667 g/mol. The summed E-state index contributed by atoms with van der Waals surface area (Å²) in [6, 6.07) is 7.36. The lowest BCUT2D eigenvalue weighted by molar-refractivity contribution is -0.174. The number of nitrogens with one attached hydrogen (secondary N) is 1. The molecule has 0 bridgehead atoms. The van der Waals surface area contributed by atoms with E-state index in [1.165, 1.54) is 24.4 Å². The minimum absolute atomic E-state index is 0.0133. The van der Waals surface area contributed by atoms with Crippen LogP contribution in [0.5, 0.6) is 0 Å². The van der Waals surface area contributed by atoms with Gasteiger partial charge in [-0.2, -0.15) is 0 Å². The van der Waals surface area contributed by atoms with Crippen LogP contribution < -0.4 is 5.32 Å². The molecule has 290 valence electrons. The van der Waals surface area contributed by atoms with Crippen molar-refractivity contribution >= 4 is 23.8 Å². The van der Waals surface area contributed by atoms with E-state index >= 15 is 0 Å². The molecule has 3 rings (SSSR count). The number of benzene rings is 1. The molecule has 10 nitrogen and oxygen atoms in total. The molecule has 1 aliphatic carbocycles. The summed E-state index contributed by atoms with van der Waals surface area (Å²) in [5.74, 6) is -2.17. The third kappa shape index (κ3) is 13.8. The van der Waals surface area contributed by atoms with Gasteiger partial charge in [0.25, 0.3) is 5.91 Å². The zero-order valence-electron chi connectivity index (χ0n) is 32.3. The van der Waals surface area contributed by atoms with Crippen molar-refractivity contribution in [3.05, 3.63) is 59.2 Å². The highest BCUT2D eigenvalue weighted by Gasteiger charge is 2.38. The zero-order valence-corrected chi connectivity index (χ0v) is 32.3. The second-order valence-corrected chi connectivity index (χ2v) is 15.4. The molecule has 0 aromatic heterocycles. The first-order chi connectivity index (χ1) is 24.7. The van der Waals surface area contributed by atoms with E-state index in [9.17, 15) is 23.6 Å². The number of hydrogen-bond donors (Lipinski definition) is 1.